The minimum Gasteiger partial charge on any atom is -0.464 e. The first-order valence-electron chi connectivity index (χ1n) is 12.0. The first-order chi connectivity index (χ1) is 16.0. The number of aromatic nitrogens is 2. The summed E-state index contributed by atoms with van der Waals surface area (Å²) in [6, 6.07) is 3.73. The summed E-state index contributed by atoms with van der Waals surface area (Å²) in [6.45, 7) is 4.35. The van der Waals surface area contributed by atoms with Gasteiger partial charge in [-0.15, -0.1) is 0 Å². The lowest BCUT2D eigenvalue weighted by Crippen LogP contribution is -2.29. The van der Waals surface area contributed by atoms with Crippen LogP contribution in [0.25, 0.3) is 0 Å². The molecular weight excluding hydrogens is 444 g/mol. The van der Waals surface area contributed by atoms with Gasteiger partial charge in [-0.2, -0.15) is 0 Å². The van der Waals surface area contributed by atoms with Crippen LogP contribution in [0.2, 0.25) is 0 Å². The quantitative estimate of drug-likeness (QED) is 0.455. The molecule has 1 saturated carbocycles. The van der Waals surface area contributed by atoms with Gasteiger partial charge in [0.2, 0.25) is 0 Å². The van der Waals surface area contributed by atoms with E-state index in [0.29, 0.717) is 17.5 Å². The molecule has 3 heterocycles. The number of fused-ring (bicyclic) bond motifs is 1. The van der Waals surface area contributed by atoms with E-state index in [-0.39, 0.29) is 5.78 Å². The highest BCUT2D eigenvalue weighted by Crippen LogP contribution is 2.34. The molecule has 2 aliphatic rings. The van der Waals surface area contributed by atoms with Gasteiger partial charge in [-0.05, 0) is 63.1 Å². The van der Waals surface area contributed by atoms with Crippen molar-refractivity contribution in [3.63, 3.8) is 0 Å². The Bertz CT molecular complexity index is 903. The van der Waals surface area contributed by atoms with E-state index in [1.165, 1.54) is 35.5 Å². The van der Waals surface area contributed by atoms with Crippen LogP contribution in [0, 0.1) is 18.8 Å². The van der Waals surface area contributed by atoms with Crippen LogP contribution in [-0.2, 0) is 12.8 Å². The summed E-state index contributed by atoms with van der Waals surface area (Å²) in [7, 11) is 0. The lowest BCUT2D eigenvalue weighted by Gasteiger charge is -2.30. The van der Waals surface area contributed by atoms with E-state index >= 15 is 0 Å². The molecule has 1 aliphatic heterocycles. The second kappa shape index (κ2) is 11.5. The van der Waals surface area contributed by atoms with Crippen molar-refractivity contribution in [3.05, 3.63) is 40.2 Å². The minimum absolute atomic E-state index is 0.234. The highest BCUT2D eigenvalue weighted by Gasteiger charge is 2.25. The van der Waals surface area contributed by atoms with Crippen molar-refractivity contribution in [2.45, 2.75) is 64.7 Å². The van der Waals surface area contributed by atoms with Crippen LogP contribution in [0.5, 0.6) is 5.19 Å². The van der Waals surface area contributed by atoms with E-state index in [2.05, 4.69) is 14.9 Å². The summed E-state index contributed by atoms with van der Waals surface area (Å²) in [5.74, 6) is 1.47. The number of Topliss-reactive ketones (excluding diaryl/α,β-unsaturated/α-hetero) is 1. The number of pyridine rings is 1. The van der Waals surface area contributed by atoms with Crippen LogP contribution in [-0.4, -0.2) is 53.3 Å². The van der Waals surface area contributed by atoms with Gasteiger partial charge in [0.1, 0.15) is 0 Å². The molecule has 0 unspecified atom stereocenters. The monoisotopic (exact) mass is 477 g/mol. The summed E-state index contributed by atoms with van der Waals surface area (Å²) in [5, 5.41) is 0.377. The minimum atomic E-state index is -2.47. The maximum Gasteiger partial charge on any atom is 0.273 e. The molecule has 1 fully saturated rings. The molecule has 5 nitrogen and oxygen atoms in total. The van der Waals surface area contributed by atoms with Crippen molar-refractivity contribution in [2.24, 2.45) is 11.8 Å². The van der Waals surface area contributed by atoms with E-state index in [4.69, 9.17) is 4.74 Å². The number of hydrogen-bond donors (Lipinski definition) is 0. The molecular formula is C25H33F2N3O2S. The molecule has 8 heteroatoms. The zero-order valence-electron chi connectivity index (χ0n) is 19.3. The Morgan fingerprint density at radius 1 is 1.21 bits per heavy atom. The number of rotatable bonds is 9. The molecule has 0 aromatic carbocycles. The highest BCUT2D eigenvalue weighted by atomic mass is 32.1. The molecule has 4 rings (SSSR count). The van der Waals surface area contributed by atoms with E-state index in [1.807, 2.05) is 19.1 Å². The molecule has 2 aromatic heterocycles. The maximum atomic E-state index is 12.6. The molecule has 0 radical (unpaired) electrons. The smallest absolute Gasteiger partial charge is 0.273 e. The number of alkyl halides is 2. The van der Waals surface area contributed by atoms with Crippen molar-refractivity contribution in [3.8, 4) is 5.19 Å². The average Bonchev–Trinajstić information content (AvgIpc) is 3.10. The van der Waals surface area contributed by atoms with Crippen LogP contribution in [0.15, 0.2) is 18.3 Å². The SMILES string of the molecule is Cc1ncccc1C(=O)CC1CCC(CCN2CCc3nc(OCC(F)F)sc3CC2)CC1. The van der Waals surface area contributed by atoms with E-state index < -0.39 is 13.0 Å². The molecule has 0 atom stereocenters. The number of hydrogen-bond acceptors (Lipinski definition) is 6. The topological polar surface area (TPSA) is 55.3 Å². The van der Waals surface area contributed by atoms with Crippen molar-refractivity contribution >= 4 is 17.1 Å². The van der Waals surface area contributed by atoms with Gasteiger partial charge in [-0.25, -0.2) is 13.8 Å². The van der Waals surface area contributed by atoms with Gasteiger partial charge >= 0.3 is 0 Å². The molecule has 0 amide bonds. The zero-order valence-corrected chi connectivity index (χ0v) is 20.1. The van der Waals surface area contributed by atoms with E-state index in [9.17, 15) is 13.6 Å². The molecule has 0 bridgehead atoms. The number of carbonyl (C=O) groups is 1. The molecule has 2 aromatic rings. The summed E-state index contributed by atoms with van der Waals surface area (Å²) >= 11 is 1.42. The Hall–Kier alpha value is -1.93. The zero-order chi connectivity index (χ0) is 23.2. The molecule has 180 valence electrons. The number of thiazole rings is 1. The third-order valence-electron chi connectivity index (χ3n) is 7.01. The largest absolute Gasteiger partial charge is 0.464 e. The first kappa shape index (κ1) is 24.2. The van der Waals surface area contributed by atoms with Crippen molar-refractivity contribution in [1.82, 2.24) is 14.9 Å². The molecule has 33 heavy (non-hydrogen) atoms. The Morgan fingerprint density at radius 3 is 2.73 bits per heavy atom. The predicted octanol–water partition coefficient (Wildman–Crippen LogP) is 5.36. The van der Waals surface area contributed by atoms with Crippen LogP contribution in [0.4, 0.5) is 8.78 Å². The lowest BCUT2D eigenvalue weighted by molar-refractivity contribution is 0.0816. The molecule has 0 N–H and O–H groups in total. The maximum absolute atomic E-state index is 12.6. The van der Waals surface area contributed by atoms with Crippen LogP contribution in [0.1, 0.15) is 65.1 Å². The van der Waals surface area contributed by atoms with Gasteiger partial charge < -0.3 is 9.64 Å². The second-order valence-corrected chi connectivity index (χ2v) is 10.4. The Labute approximate surface area is 198 Å². The average molecular weight is 478 g/mol. The third kappa shape index (κ3) is 6.79. The van der Waals surface area contributed by atoms with Crippen LogP contribution >= 0.6 is 11.3 Å². The van der Waals surface area contributed by atoms with Gasteiger partial charge in [0.15, 0.2) is 12.4 Å². The Kier molecular flexibility index (Phi) is 8.41. The lowest BCUT2D eigenvalue weighted by atomic mass is 9.78. The number of ether oxygens (including phenoxy) is 1. The van der Waals surface area contributed by atoms with Crippen molar-refractivity contribution < 1.29 is 18.3 Å². The summed E-state index contributed by atoms with van der Waals surface area (Å²) in [5.41, 5.74) is 2.62. The van der Waals surface area contributed by atoms with Crippen molar-refractivity contribution in [2.75, 3.05) is 26.2 Å². The Morgan fingerprint density at radius 2 is 1.97 bits per heavy atom. The van der Waals surface area contributed by atoms with Gasteiger partial charge in [0.25, 0.3) is 11.6 Å². The highest BCUT2D eigenvalue weighted by molar-refractivity contribution is 7.13. The van der Waals surface area contributed by atoms with Gasteiger partial charge in [-0.1, -0.05) is 24.2 Å². The van der Waals surface area contributed by atoms with Gasteiger partial charge in [-0.3, -0.25) is 9.78 Å². The van der Waals surface area contributed by atoms with Crippen LogP contribution < -0.4 is 4.74 Å². The van der Waals surface area contributed by atoms with E-state index in [1.54, 1.807) is 6.20 Å². The van der Waals surface area contributed by atoms with Gasteiger partial charge in [0, 0.05) is 48.3 Å². The number of ketones is 1. The number of nitrogens with zero attached hydrogens (tertiary/aromatic N) is 3. The standard InChI is InChI=1S/C25H33F2N3O2S/c1-17-20(3-2-11-28-17)22(31)15-19-6-4-18(5-7-19)8-12-30-13-9-21-23(10-14-30)33-25(29-21)32-16-24(26)27/h2-3,11,18-19,24H,4-10,12-16H2,1H3. The van der Waals surface area contributed by atoms with Crippen LogP contribution in [0.3, 0.4) is 0 Å². The second-order valence-electron chi connectivity index (χ2n) is 9.33. The molecule has 0 saturated heterocycles. The molecule has 0 spiro atoms. The molecule has 1 aliphatic carbocycles. The normalized spacial score (nSPS) is 21.6. The number of halogens is 2. The fraction of sp³-hybridized carbons (Fsp3) is 0.640. The fourth-order valence-electron chi connectivity index (χ4n) is 5.05. The number of aryl methyl sites for hydroxylation is 1. The predicted molar refractivity (Wildman–Crippen MR) is 125 cm³/mol. The number of carbonyl (C=O) groups excluding carboxylic acids is 1. The van der Waals surface area contributed by atoms with E-state index in [0.717, 1.165) is 68.2 Å². The third-order valence-corrected chi connectivity index (χ3v) is 8.08. The summed E-state index contributed by atoms with van der Waals surface area (Å²) in [4.78, 5) is 25.0. The van der Waals surface area contributed by atoms with Gasteiger partial charge in [0.05, 0.1) is 5.69 Å². The van der Waals surface area contributed by atoms with Crippen molar-refractivity contribution in [1.29, 1.82) is 0 Å². The first-order valence-corrected chi connectivity index (χ1v) is 12.9. The summed E-state index contributed by atoms with van der Waals surface area (Å²) in [6.07, 6.45) is 7.56. The fourth-order valence-corrected chi connectivity index (χ4v) is 6.00. The summed E-state index contributed by atoms with van der Waals surface area (Å²) < 4.78 is 29.8. The Balaban J connectivity index is 1.16.